The number of aromatic nitrogens is 3. The Labute approximate surface area is 134 Å². The normalized spacial score (nSPS) is 15.0. The molecule has 0 bridgehead atoms. The molecule has 116 valence electrons. The van der Waals surface area contributed by atoms with Crippen molar-refractivity contribution in [2.45, 2.75) is 37.4 Å². The number of hydrogen-bond donors (Lipinski definition) is 0. The number of thioether (sulfide) groups is 1. The van der Waals surface area contributed by atoms with Crippen molar-refractivity contribution in [1.29, 1.82) is 5.26 Å². The fourth-order valence-electron chi connectivity index (χ4n) is 2.60. The van der Waals surface area contributed by atoms with Crippen LogP contribution < -0.4 is 4.90 Å². The molecule has 0 radical (unpaired) electrons. The molecule has 1 aliphatic rings. The Morgan fingerprint density at radius 3 is 2.86 bits per heavy atom. The maximum atomic E-state index is 8.70. The lowest BCUT2D eigenvalue weighted by Crippen LogP contribution is -2.32. The molecule has 0 unspecified atom stereocenters. The summed E-state index contributed by atoms with van der Waals surface area (Å²) in [5.41, 5.74) is 0. The summed E-state index contributed by atoms with van der Waals surface area (Å²) in [6.45, 7) is 2.68. The number of hydrogen-bond acceptors (Lipinski definition) is 6. The van der Waals surface area contributed by atoms with Gasteiger partial charge in [0.05, 0.1) is 18.9 Å². The lowest BCUT2D eigenvalue weighted by atomic mass is 10.1. The average molecular weight is 317 g/mol. The Balaban J connectivity index is 1.82. The summed E-state index contributed by atoms with van der Waals surface area (Å²) in [5.74, 6) is 2.53. The second kappa shape index (κ2) is 7.36. The van der Waals surface area contributed by atoms with Gasteiger partial charge in [-0.3, -0.25) is 4.57 Å². The van der Waals surface area contributed by atoms with Crippen molar-refractivity contribution in [3.05, 3.63) is 24.2 Å². The zero-order valence-electron chi connectivity index (χ0n) is 12.4. The summed E-state index contributed by atoms with van der Waals surface area (Å²) in [5, 5.41) is 18.3. The molecule has 0 atom stereocenters. The van der Waals surface area contributed by atoms with E-state index in [1.165, 1.54) is 19.3 Å². The number of anilines is 1. The van der Waals surface area contributed by atoms with E-state index in [0.717, 1.165) is 35.7 Å². The monoisotopic (exact) mass is 317 g/mol. The van der Waals surface area contributed by atoms with Crippen molar-refractivity contribution >= 4 is 17.7 Å². The first-order chi connectivity index (χ1) is 10.9. The van der Waals surface area contributed by atoms with Gasteiger partial charge in [0, 0.05) is 25.3 Å². The molecular weight excluding hydrogens is 298 g/mol. The highest BCUT2D eigenvalue weighted by Crippen LogP contribution is 2.25. The summed E-state index contributed by atoms with van der Waals surface area (Å²) in [7, 11) is 0. The van der Waals surface area contributed by atoms with Gasteiger partial charge in [0.1, 0.15) is 5.76 Å². The largest absolute Gasteiger partial charge is 0.467 e. The van der Waals surface area contributed by atoms with Gasteiger partial charge < -0.3 is 9.32 Å². The minimum Gasteiger partial charge on any atom is -0.467 e. The molecule has 1 aliphatic heterocycles. The molecule has 0 aromatic carbocycles. The van der Waals surface area contributed by atoms with Crippen LogP contribution in [0.25, 0.3) is 0 Å². The van der Waals surface area contributed by atoms with Gasteiger partial charge in [-0.25, -0.2) is 0 Å². The van der Waals surface area contributed by atoms with Crippen molar-refractivity contribution < 1.29 is 4.42 Å². The quantitative estimate of drug-likeness (QED) is 0.602. The van der Waals surface area contributed by atoms with Gasteiger partial charge in [-0.15, -0.1) is 10.2 Å². The predicted octanol–water partition coefficient (Wildman–Crippen LogP) is 2.92. The Morgan fingerprint density at radius 2 is 2.14 bits per heavy atom. The molecule has 0 saturated carbocycles. The fourth-order valence-corrected chi connectivity index (χ4v) is 3.38. The van der Waals surface area contributed by atoms with Crippen LogP contribution in [0.2, 0.25) is 0 Å². The van der Waals surface area contributed by atoms with Gasteiger partial charge in [-0.2, -0.15) is 5.26 Å². The summed E-state index contributed by atoms with van der Waals surface area (Å²) < 4.78 is 7.58. The third-order valence-corrected chi connectivity index (χ3v) is 4.64. The van der Waals surface area contributed by atoms with Crippen LogP contribution in [0.1, 0.15) is 31.4 Å². The fraction of sp³-hybridized carbons (Fsp3) is 0.533. The van der Waals surface area contributed by atoms with Crippen LogP contribution in [0.3, 0.4) is 0 Å². The standard InChI is InChI=1S/C15H19N5OS/c16-7-5-11-22-15-18-17-14(19-8-2-1-3-9-19)20(15)12-13-6-4-10-21-13/h4,6,10H,1-3,5,8-9,11-12H2. The highest BCUT2D eigenvalue weighted by molar-refractivity contribution is 7.99. The minimum atomic E-state index is 0.511. The molecule has 2 aromatic heterocycles. The highest BCUT2D eigenvalue weighted by Gasteiger charge is 2.21. The van der Waals surface area contributed by atoms with Gasteiger partial charge in [0.2, 0.25) is 5.95 Å². The number of furan rings is 1. The van der Waals surface area contributed by atoms with Crippen molar-refractivity contribution in [1.82, 2.24) is 14.8 Å². The van der Waals surface area contributed by atoms with Crippen LogP contribution in [0.5, 0.6) is 0 Å². The van der Waals surface area contributed by atoms with E-state index in [9.17, 15) is 0 Å². The van der Waals surface area contributed by atoms with E-state index in [1.807, 2.05) is 12.1 Å². The maximum absolute atomic E-state index is 8.70. The van der Waals surface area contributed by atoms with Crippen molar-refractivity contribution in [2.75, 3.05) is 23.7 Å². The first-order valence-electron chi connectivity index (χ1n) is 7.59. The maximum Gasteiger partial charge on any atom is 0.228 e. The van der Waals surface area contributed by atoms with Crippen molar-refractivity contribution in [3.8, 4) is 6.07 Å². The van der Waals surface area contributed by atoms with Crippen molar-refractivity contribution in [3.63, 3.8) is 0 Å². The van der Waals surface area contributed by atoms with Crippen LogP contribution in [-0.4, -0.2) is 33.6 Å². The zero-order chi connectivity index (χ0) is 15.2. The number of rotatable bonds is 6. The number of nitriles is 1. The second-order valence-electron chi connectivity index (χ2n) is 5.25. The lowest BCUT2D eigenvalue weighted by molar-refractivity contribution is 0.479. The van der Waals surface area contributed by atoms with E-state index in [1.54, 1.807) is 18.0 Å². The van der Waals surface area contributed by atoms with Gasteiger partial charge in [-0.1, -0.05) is 11.8 Å². The van der Waals surface area contributed by atoms with Crippen molar-refractivity contribution in [2.24, 2.45) is 0 Å². The van der Waals surface area contributed by atoms with E-state index < -0.39 is 0 Å². The van der Waals surface area contributed by atoms with Crippen LogP contribution in [0.15, 0.2) is 28.0 Å². The zero-order valence-corrected chi connectivity index (χ0v) is 13.3. The van der Waals surface area contributed by atoms with Crippen LogP contribution >= 0.6 is 11.8 Å². The molecule has 3 rings (SSSR count). The molecule has 2 aromatic rings. The summed E-state index contributed by atoms with van der Waals surface area (Å²) >= 11 is 1.58. The SMILES string of the molecule is N#CCCSc1nnc(N2CCCCC2)n1Cc1ccco1. The van der Waals surface area contributed by atoms with E-state index in [2.05, 4.69) is 25.7 Å². The van der Waals surface area contributed by atoms with Crippen LogP contribution in [0, 0.1) is 11.3 Å². The highest BCUT2D eigenvalue weighted by atomic mass is 32.2. The molecule has 0 spiro atoms. The van der Waals surface area contributed by atoms with Gasteiger partial charge in [0.15, 0.2) is 5.16 Å². The summed E-state index contributed by atoms with van der Waals surface area (Å²) in [6, 6.07) is 6.02. The van der Waals surface area contributed by atoms with Gasteiger partial charge in [0.25, 0.3) is 0 Å². The molecule has 7 heteroatoms. The Hall–Kier alpha value is -1.94. The molecule has 0 aliphatic carbocycles. The molecule has 1 saturated heterocycles. The smallest absolute Gasteiger partial charge is 0.228 e. The van der Waals surface area contributed by atoms with Crippen LogP contribution in [0.4, 0.5) is 5.95 Å². The minimum absolute atomic E-state index is 0.511. The lowest BCUT2D eigenvalue weighted by Gasteiger charge is -2.27. The van der Waals surface area contributed by atoms with Gasteiger partial charge in [-0.05, 0) is 31.4 Å². The van der Waals surface area contributed by atoms with Crippen LogP contribution in [-0.2, 0) is 6.54 Å². The molecule has 6 nitrogen and oxygen atoms in total. The topological polar surface area (TPSA) is 70.9 Å². The van der Waals surface area contributed by atoms with E-state index >= 15 is 0 Å². The summed E-state index contributed by atoms with van der Waals surface area (Å²) in [6.07, 6.45) is 5.88. The molecule has 0 amide bonds. The Bertz CT molecular complexity index is 625. The summed E-state index contributed by atoms with van der Waals surface area (Å²) in [4.78, 5) is 2.30. The molecule has 22 heavy (non-hydrogen) atoms. The molecule has 1 fully saturated rings. The third kappa shape index (κ3) is 3.45. The number of nitrogens with zero attached hydrogens (tertiary/aromatic N) is 5. The first kappa shape index (κ1) is 15.0. The van der Waals surface area contributed by atoms with Gasteiger partial charge >= 0.3 is 0 Å². The average Bonchev–Trinajstić information content (AvgIpc) is 3.20. The predicted molar refractivity (Wildman–Crippen MR) is 84.9 cm³/mol. The first-order valence-corrected chi connectivity index (χ1v) is 8.57. The molecule has 3 heterocycles. The Kier molecular flexibility index (Phi) is 5.01. The van der Waals surface area contributed by atoms with E-state index in [-0.39, 0.29) is 0 Å². The second-order valence-corrected chi connectivity index (χ2v) is 6.31. The molecular formula is C15H19N5OS. The molecule has 0 N–H and O–H groups in total. The van der Waals surface area contributed by atoms with E-state index in [4.69, 9.17) is 9.68 Å². The third-order valence-electron chi connectivity index (χ3n) is 3.68. The van der Waals surface area contributed by atoms with E-state index in [0.29, 0.717) is 13.0 Å². The number of piperidine rings is 1. The Morgan fingerprint density at radius 1 is 1.27 bits per heavy atom.